The fraction of sp³-hybridized carbons (Fsp3) is 0.0476. The zero-order valence-electron chi connectivity index (χ0n) is 14.0. The molecule has 5 nitrogen and oxygen atoms in total. The molecule has 1 N–H and O–H groups in total. The molecule has 26 heavy (non-hydrogen) atoms. The van der Waals surface area contributed by atoms with Crippen LogP contribution in [0.25, 0.3) is 0 Å². The minimum Gasteiger partial charge on any atom is -0.320 e. The molecule has 0 aliphatic carbocycles. The number of anilines is 1. The second kappa shape index (κ2) is 8.48. The van der Waals surface area contributed by atoms with E-state index in [9.17, 15) is 9.59 Å². The van der Waals surface area contributed by atoms with Crippen LogP contribution in [0.15, 0.2) is 84.0 Å². The zero-order valence-corrected chi connectivity index (χ0v) is 14.0. The Bertz CT molecular complexity index is 922. The lowest BCUT2D eigenvalue weighted by Crippen LogP contribution is -2.16. The van der Waals surface area contributed by atoms with Gasteiger partial charge in [0.2, 0.25) is 0 Å². The van der Waals surface area contributed by atoms with E-state index < -0.39 is 0 Å². The van der Waals surface area contributed by atoms with Crippen molar-refractivity contribution in [1.82, 2.24) is 4.98 Å². The number of pyridine rings is 1. The molecule has 5 heteroatoms. The number of hydrogen-bond donors (Lipinski definition) is 1. The van der Waals surface area contributed by atoms with Crippen LogP contribution in [-0.2, 0) is 4.79 Å². The molecular weight excluding hydrogens is 326 g/mol. The average Bonchev–Trinajstić information content (AvgIpc) is 2.71. The smallest absolute Gasteiger partial charge is 0.274 e. The van der Waals surface area contributed by atoms with Gasteiger partial charge in [-0.3, -0.25) is 14.8 Å². The van der Waals surface area contributed by atoms with Crippen LogP contribution >= 0.6 is 0 Å². The van der Waals surface area contributed by atoms with Crippen LogP contribution in [0.3, 0.4) is 0 Å². The number of carbonyl (C=O) groups is 2. The van der Waals surface area contributed by atoms with Crippen molar-refractivity contribution in [3.8, 4) is 0 Å². The third-order valence-corrected chi connectivity index (χ3v) is 3.70. The summed E-state index contributed by atoms with van der Waals surface area (Å²) in [7, 11) is 0. The highest BCUT2D eigenvalue weighted by Gasteiger charge is 2.14. The maximum atomic E-state index is 12.5. The predicted molar refractivity (Wildman–Crippen MR) is 102 cm³/mol. The number of aliphatic imine (C=N–C) groups is 1. The molecule has 3 rings (SSSR count). The van der Waals surface area contributed by atoms with Crippen LogP contribution in [0.4, 0.5) is 5.69 Å². The fourth-order valence-electron chi connectivity index (χ4n) is 2.54. The summed E-state index contributed by atoms with van der Waals surface area (Å²) >= 11 is 0. The van der Waals surface area contributed by atoms with Gasteiger partial charge in [0.05, 0.1) is 17.9 Å². The van der Waals surface area contributed by atoms with Crippen LogP contribution in [0.1, 0.15) is 21.6 Å². The lowest BCUT2D eigenvalue weighted by molar-refractivity contribution is -0.106. The molecule has 1 aromatic heterocycles. The van der Waals surface area contributed by atoms with Crippen molar-refractivity contribution in [2.45, 2.75) is 0 Å². The number of benzene rings is 2. The standard InChI is InChI=1S/C21H17N3O2/c25-15-14-23-20(16-8-2-1-3-9-16)17-10-4-5-11-18(17)24-21(26)19-12-6-7-13-22-19/h1-13,15H,14H2,(H,24,26). The van der Waals surface area contributed by atoms with Gasteiger partial charge in [-0.25, -0.2) is 0 Å². The Morgan fingerprint density at radius 1 is 0.962 bits per heavy atom. The largest absolute Gasteiger partial charge is 0.320 e. The van der Waals surface area contributed by atoms with E-state index in [1.165, 1.54) is 0 Å². The summed E-state index contributed by atoms with van der Waals surface area (Å²) in [6, 6.07) is 22.1. The van der Waals surface area contributed by atoms with Crippen molar-refractivity contribution in [2.24, 2.45) is 4.99 Å². The molecule has 3 aromatic rings. The van der Waals surface area contributed by atoms with Gasteiger partial charge in [0.15, 0.2) is 0 Å². The fourth-order valence-corrected chi connectivity index (χ4v) is 2.54. The quantitative estimate of drug-likeness (QED) is 0.551. The van der Waals surface area contributed by atoms with Crippen LogP contribution < -0.4 is 5.32 Å². The highest BCUT2D eigenvalue weighted by Crippen LogP contribution is 2.21. The lowest BCUT2D eigenvalue weighted by Gasteiger charge is -2.13. The van der Waals surface area contributed by atoms with E-state index in [0.717, 1.165) is 17.4 Å². The maximum absolute atomic E-state index is 12.5. The molecule has 0 aliphatic rings. The first-order valence-corrected chi connectivity index (χ1v) is 8.15. The van der Waals surface area contributed by atoms with Crippen molar-refractivity contribution in [3.63, 3.8) is 0 Å². The predicted octanol–water partition coefficient (Wildman–Crippen LogP) is 3.37. The Hall–Kier alpha value is -3.60. The topological polar surface area (TPSA) is 71.4 Å². The second-order valence-corrected chi connectivity index (χ2v) is 5.44. The minimum absolute atomic E-state index is 0.0484. The SMILES string of the molecule is O=CCN=C(c1ccccc1)c1ccccc1NC(=O)c1ccccn1. The maximum Gasteiger partial charge on any atom is 0.274 e. The van der Waals surface area contributed by atoms with Crippen LogP contribution in [0.5, 0.6) is 0 Å². The molecule has 2 aromatic carbocycles. The Labute approximate surface area is 151 Å². The normalized spacial score (nSPS) is 11.0. The Morgan fingerprint density at radius 2 is 1.69 bits per heavy atom. The third-order valence-electron chi connectivity index (χ3n) is 3.70. The van der Waals surface area contributed by atoms with E-state index in [1.807, 2.05) is 48.5 Å². The van der Waals surface area contributed by atoms with Gasteiger partial charge in [0.1, 0.15) is 12.0 Å². The molecular formula is C21H17N3O2. The summed E-state index contributed by atoms with van der Waals surface area (Å²) < 4.78 is 0. The number of amides is 1. The van der Waals surface area contributed by atoms with E-state index in [4.69, 9.17) is 0 Å². The first kappa shape index (κ1) is 17.2. The van der Waals surface area contributed by atoms with Gasteiger partial charge in [-0.15, -0.1) is 0 Å². The number of hydrogen-bond acceptors (Lipinski definition) is 4. The number of aldehydes is 1. The summed E-state index contributed by atoms with van der Waals surface area (Å²) in [6.45, 7) is 0.0484. The van der Waals surface area contributed by atoms with E-state index in [-0.39, 0.29) is 12.5 Å². The number of nitrogens with zero attached hydrogens (tertiary/aromatic N) is 2. The van der Waals surface area contributed by atoms with Gasteiger partial charge in [-0.2, -0.15) is 0 Å². The first-order chi connectivity index (χ1) is 12.8. The first-order valence-electron chi connectivity index (χ1n) is 8.15. The van der Waals surface area contributed by atoms with Crippen LogP contribution in [0, 0.1) is 0 Å². The van der Waals surface area contributed by atoms with Crippen LogP contribution in [-0.4, -0.2) is 29.4 Å². The summed E-state index contributed by atoms with van der Waals surface area (Å²) in [6.07, 6.45) is 2.32. The number of aromatic nitrogens is 1. The molecule has 0 spiro atoms. The molecule has 1 amide bonds. The lowest BCUT2D eigenvalue weighted by atomic mass is 10.0. The molecule has 1 heterocycles. The molecule has 0 saturated heterocycles. The van der Waals surface area contributed by atoms with Gasteiger partial charge in [-0.05, 0) is 18.2 Å². The molecule has 0 fully saturated rings. The molecule has 0 atom stereocenters. The summed E-state index contributed by atoms with van der Waals surface area (Å²) in [5, 5.41) is 2.88. The van der Waals surface area contributed by atoms with Gasteiger partial charge in [-0.1, -0.05) is 54.6 Å². The summed E-state index contributed by atoms with van der Waals surface area (Å²) in [5.41, 5.74) is 3.19. The van der Waals surface area contributed by atoms with Crippen molar-refractivity contribution in [3.05, 3.63) is 95.8 Å². The molecule has 0 bridgehead atoms. The highest BCUT2D eigenvalue weighted by atomic mass is 16.1. The Balaban J connectivity index is 1.99. The van der Waals surface area contributed by atoms with Gasteiger partial charge < -0.3 is 10.1 Å². The van der Waals surface area contributed by atoms with E-state index in [0.29, 0.717) is 17.1 Å². The van der Waals surface area contributed by atoms with Crippen LogP contribution in [0.2, 0.25) is 0 Å². The molecule has 0 radical (unpaired) electrons. The molecule has 0 aliphatic heterocycles. The summed E-state index contributed by atoms with van der Waals surface area (Å²) in [4.78, 5) is 31.8. The van der Waals surface area contributed by atoms with E-state index in [1.54, 1.807) is 30.5 Å². The zero-order chi connectivity index (χ0) is 18.2. The number of rotatable bonds is 6. The molecule has 128 valence electrons. The van der Waals surface area contributed by atoms with E-state index in [2.05, 4.69) is 15.3 Å². The van der Waals surface area contributed by atoms with Crippen molar-refractivity contribution in [2.75, 3.05) is 11.9 Å². The molecule has 0 unspecified atom stereocenters. The van der Waals surface area contributed by atoms with Crippen molar-refractivity contribution in [1.29, 1.82) is 0 Å². The number of nitrogens with one attached hydrogen (secondary N) is 1. The van der Waals surface area contributed by atoms with E-state index >= 15 is 0 Å². The highest BCUT2D eigenvalue weighted by molar-refractivity contribution is 6.18. The molecule has 0 saturated carbocycles. The van der Waals surface area contributed by atoms with Crippen molar-refractivity contribution < 1.29 is 9.59 Å². The third kappa shape index (κ3) is 4.08. The second-order valence-electron chi connectivity index (χ2n) is 5.44. The van der Waals surface area contributed by atoms with Gasteiger partial charge in [0.25, 0.3) is 5.91 Å². The Morgan fingerprint density at radius 3 is 2.42 bits per heavy atom. The van der Waals surface area contributed by atoms with Gasteiger partial charge >= 0.3 is 0 Å². The van der Waals surface area contributed by atoms with Crippen molar-refractivity contribution >= 4 is 23.6 Å². The monoisotopic (exact) mass is 343 g/mol. The summed E-state index contributed by atoms with van der Waals surface area (Å²) in [5.74, 6) is -0.305. The Kier molecular flexibility index (Phi) is 5.62. The van der Waals surface area contributed by atoms with Gasteiger partial charge in [0, 0.05) is 17.3 Å². The average molecular weight is 343 g/mol. The minimum atomic E-state index is -0.305. The number of para-hydroxylation sites is 1. The number of carbonyl (C=O) groups excluding carboxylic acids is 2.